The molecule has 29 heavy (non-hydrogen) atoms. The number of rotatable bonds is 6. The Balaban J connectivity index is 1.91. The second-order valence-corrected chi connectivity index (χ2v) is 6.19. The summed E-state index contributed by atoms with van der Waals surface area (Å²) in [5.74, 6) is -1.66. The van der Waals surface area contributed by atoms with Crippen LogP contribution < -0.4 is 10.1 Å². The number of ether oxygens (including phenoxy) is 2. The molecule has 1 aromatic carbocycles. The minimum absolute atomic E-state index is 0.372. The maximum Gasteiger partial charge on any atom is 0.573 e. The molecule has 1 heterocycles. The van der Waals surface area contributed by atoms with E-state index in [4.69, 9.17) is 4.74 Å². The maximum atomic E-state index is 12.2. The summed E-state index contributed by atoms with van der Waals surface area (Å²) in [4.78, 5) is 24.1. The predicted molar refractivity (Wildman–Crippen MR) is 99.0 cm³/mol. The lowest BCUT2D eigenvalue weighted by Gasteiger charge is -2.12. The smallest absolute Gasteiger partial charge is 0.449 e. The number of aryl methyl sites for hydroxylation is 2. The molecule has 0 fully saturated rings. The first-order valence-corrected chi connectivity index (χ1v) is 8.52. The largest absolute Gasteiger partial charge is 0.573 e. The van der Waals surface area contributed by atoms with Gasteiger partial charge in [0.25, 0.3) is 5.91 Å². The highest BCUT2D eigenvalue weighted by Crippen LogP contribution is 2.23. The molecule has 0 aliphatic heterocycles. The van der Waals surface area contributed by atoms with E-state index in [2.05, 4.69) is 15.2 Å². The summed E-state index contributed by atoms with van der Waals surface area (Å²) >= 11 is 0. The Bertz CT molecular complexity index is 918. The highest BCUT2D eigenvalue weighted by molar-refractivity contribution is 5.97. The third kappa shape index (κ3) is 6.37. The van der Waals surface area contributed by atoms with Crippen LogP contribution in [0.4, 0.5) is 18.9 Å². The van der Waals surface area contributed by atoms with Crippen molar-refractivity contribution in [1.29, 1.82) is 0 Å². The number of anilines is 1. The summed E-state index contributed by atoms with van der Waals surface area (Å²) in [6, 6.07) is 4.92. The van der Waals surface area contributed by atoms with E-state index < -0.39 is 24.3 Å². The summed E-state index contributed by atoms with van der Waals surface area (Å²) in [5, 5.41) is 6.86. The lowest BCUT2D eigenvalue weighted by molar-refractivity contribution is -0.274. The molecule has 0 saturated carbocycles. The van der Waals surface area contributed by atoms with Crippen molar-refractivity contribution in [2.75, 3.05) is 5.32 Å². The van der Waals surface area contributed by atoms with Crippen molar-refractivity contribution in [1.82, 2.24) is 9.78 Å². The Labute approximate surface area is 165 Å². The number of hydrogen-bond donors (Lipinski definition) is 1. The summed E-state index contributed by atoms with van der Waals surface area (Å²) < 4.78 is 46.8. The van der Waals surface area contributed by atoms with E-state index in [1.54, 1.807) is 25.6 Å². The number of aromatic nitrogens is 2. The summed E-state index contributed by atoms with van der Waals surface area (Å²) in [5.41, 5.74) is 2.40. The lowest BCUT2D eigenvalue weighted by Crippen LogP contribution is -2.29. The number of nitrogens with zero attached hydrogens (tertiary/aromatic N) is 2. The summed E-state index contributed by atoms with van der Waals surface area (Å²) in [6.07, 6.45) is -3.41. The van der Waals surface area contributed by atoms with E-state index in [-0.39, 0.29) is 5.75 Å². The number of carbonyl (C=O) groups excluding carboxylic acids is 2. The zero-order valence-corrected chi connectivity index (χ0v) is 16.2. The van der Waals surface area contributed by atoms with Gasteiger partial charge in [-0.05, 0) is 44.5 Å². The molecule has 0 radical (unpaired) electrons. The molecule has 10 heteroatoms. The highest BCUT2D eigenvalue weighted by Gasteiger charge is 2.30. The van der Waals surface area contributed by atoms with E-state index in [0.717, 1.165) is 23.9 Å². The molecule has 2 rings (SSSR count). The molecule has 1 atom stereocenters. The molecular formula is C19H20F3N3O4. The fraction of sp³-hybridized carbons (Fsp3) is 0.316. The van der Waals surface area contributed by atoms with Gasteiger partial charge in [-0.15, -0.1) is 13.2 Å². The first-order chi connectivity index (χ1) is 13.5. The third-order valence-corrected chi connectivity index (χ3v) is 3.94. The average molecular weight is 411 g/mol. The topological polar surface area (TPSA) is 82.5 Å². The molecule has 0 saturated heterocycles. The van der Waals surface area contributed by atoms with Gasteiger partial charge in [-0.25, -0.2) is 4.79 Å². The zero-order valence-electron chi connectivity index (χ0n) is 16.2. The highest BCUT2D eigenvalue weighted by atomic mass is 19.4. The number of amides is 1. The van der Waals surface area contributed by atoms with Crippen molar-refractivity contribution in [2.45, 2.75) is 33.2 Å². The second-order valence-electron chi connectivity index (χ2n) is 6.19. The first kappa shape index (κ1) is 22.0. The van der Waals surface area contributed by atoms with Crippen LogP contribution in [0.25, 0.3) is 6.08 Å². The number of hydrogen-bond acceptors (Lipinski definition) is 5. The average Bonchev–Trinajstić information content (AvgIpc) is 2.86. The van der Waals surface area contributed by atoms with Crippen molar-refractivity contribution in [3.8, 4) is 5.75 Å². The SMILES string of the molecule is Cc1nn(C)c(C)c1NC(=O)[C@@H](C)OC(=O)/C=C/c1ccc(OC(F)(F)F)cc1. The Morgan fingerprint density at radius 3 is 2.34 bits per heavy atom. The predicted octanol–water partition coefficient (Wildman–Crippen LogP) is 3.52. The van der Waals surface area contributed by atoms with Crippen LogP contribution in [0.5, 0.6) is 5.75 Å². The standard InChI is InChI=1S/C19H20F3N3O4/c1-11-17(12(2)25(4)24-11)23-18(27)13(3)28-16(26)10-7-14-5-8-15(9-6-14)29-19(20,21)22/h5-10,13H,1-4H3,(H,23,27)/b10-7+/t13-/m1/s1. The van der Waals surface area contributed by atoms with Crippen molar-refractivity contribution in [2.24, 2.45) is 7.05 Å². The van der Waals surface area contributed by atoms with E-state index in [1.165, 1.54) is 25.1 Å². The molecule has 0 aliphatic carbocycles. The quantitative estimate of drug-likeness (QED) is 0.581. The molecule has 2 aromatic rings. The van der Waals surface area contributed by atoms with Crippen molar-refractivity contribution in [3.05, 3.63) is 47.3 Å². The molecule has 0 aliphatic rings. The van der Waals surface area contributed by atoms with Crippen molar-refractivity contribution >= 4 is 23.6 Å². The molecule has 0 spiro atoms. The van der Waals surface area contributed by atoms with Crippen molar-refractivity contribution in [3.63, 3.8) is 0 Å². The Morgan fingerprint density at radius 2 is 1.83 bits per heavy atom. The van der Waals surface area contributed by atoms with Gasteiger partial charge >= 0.3 is 12.3 Å². The van der Waals surface area contributed by atoms with Crippen LogP contribution in [-0.2, 0) is 21.4 Å². The number of esters is 1. The Kier molecular flexibility index (Phi) is 6.68. The van der Waals surface area contributed by atoms with Gasteiger partial charge in [0.1, 0.15) is 5.75 Å². The summed E-state index contributed by atoms with van der Waals surface area (Å²) in [6.45, 7) is 4.96. The number of carbonyl (C=O) groups is 2. The van der Waals surface area contributed by atoms with Crippen LogP contribution in [0.15, 0.2) is 30.3 Å². The monoisotopic (exact) mass is 411 g/mol. The molecule has 156 valence electrons. The minimum Gasteiger partial charge on any atom is -0.449 e. The van der Waals surface area contributed by atoms with Gasteiger partial charge in [0, 0.05) is 13.1 Å². The number of alkyl halides is 3. The van der Waals surface area contributed by atoms with Crippen LogP contribution >= 0.6 is 0 Å². The molecular weight excluding hydrogens is 391 g/mol. The number of halogens is 3. The van der Waals surface area contributed by atoms with Crippen LogP contribution in [-0.4, -0.2) is 34.1 Å². The van der Waals surface area contributed by atoms with Crippen LogP contribution in [0.1, 0.15) is 23.9 Å². The lowest BCUT2D eigenvalue weighted by atomic mass is 10.2. The fourth-order valence-corrected chi connectivity index (χ4v) is 2.39. The molecule has 7 nitrogen and oxygen atoms in total. The van der Waals surface area contributed by atoms with Crippen molar-refractivity contribution < 1.29 is 32.2 Å². The maximum absolute atomic E-state index is 12.2. The Hall–Kier alpha value is -3.30. The van der Waals surface area contributed by atoms with Crippen LogP contribution in [0.3, 0.4) is 0 Å². The Morgan fingerprint density at radius 1 is 1.21 bits per heavy atom. The van der Waals surface area contributed by atoms with Crippen LogP contribution in [0.2, 0.25) is 0 Å². The van der Waals surface area contributed by atoms with Gasteiger partial charge in [-0.2, -0.15) is 5.10 Å². The summed E-state index contributed by atoms with van der Waals surface area (Å²) in [7, 11) is 1.74. The van der Waals surface area contributed by atoms with Gasteiger partial charge in [0.05, 0.1) is 17.1 Å². The minimum atomic E-state index is -4.77. The molecule has 0 unspecified atom stereocenters. The van der Waals surface area contributed by atoms with Gasteiger partial charge in [0.2, 0.25) is 0 Å². The molecule has 0 bridgehead atoms. The van der Waals surface area contributed by atoms with Gasteiger partial charge in [-0.3, -0.25) is 9.48 Å². The third-order valence-electron chi connectivity index (χ3n) is 3.94. The van der Waals surface area contributed by atoms with E-state index >= 15 is 0 Å². The van der Waals surface area contributed by atoms with Crippen LogP contribution in [0, 0.1) is 13.8 Å². The zero-order chi connectivity index (χ0) is 21.8. The van der Waals surface area contributed by atoms with E-state index in [1.807, 2.05) is 0 Å². The normalized spacial score (nSPS) is 12.7. The van der Waals surface area contributed by atoms with Gasteiger partial charge in [-0.1, -0.05) is 12.1 Å². The van der Waals surface area contributed by atoms with E-state index in [0.29, 0.717) is 16.9 Å². The van der Waals surface area contributed by atoms with Gasteiger partial charge in [0.15, 0.2) is 6.10 Å². The molecule has 1 amide bonds. The number of benzene rings is 1. The van der Waals surface area contributed by atoms with Gasteiger partial charge < -0.3 is 14.8 Å². The first-order valence-electron chi connectivity index (χ1n) is 8.52. The second kappa shape index (κ2) is 8.80. The fourth-order valence-electron chi connectivity index (χ4n) is 2.39. The van der Waals surface area contributed by atoms with E-state index in [9.17, 15) is 22.8 Å². The number of nitrogens with one attached hydrogen (secondary N) is 1. The molecule has 1 N–H and O–H groups in total. The molecule has 1 aromatic heterocycles.